The minimum atomic E-state index is -0.483. The van der Waals surface area contributed by atoms with Crippen LogP contribution in [-0.2, 0) is 12.1 Å². The van der Waals surface area contributed by atoms with Gasteiger partial charge in [0.15, 0.2) is 0 Å². The Morgan fingerprint density at radius 3 is 2.20 bits per heavy atom. The molecule has 0 saturated heterocycles. The molecule has 0 amide bonds. The van der Waals surface area contributed by atoms with Gasteiger partial charge in [-0.15, -0.1) is 0 Å². The van der Waals surface area contributed by atoms with Crippen LogP contribution in [0.3, 0.4) is 0 Å². The first-order chi connectivity index (χ1) is 9.70. The summed E-state index contributed by atoms with van der Waals surface area (Å²) < 4.78 is 0. The molecule has 1 unspecified atom stereocenters. The number of rotatable bonds is 6. The fraction of sp³-hybridized carbons (Fsp3) is 0.294. The molecular weight excluding hydrogens is 250 g/mol. The van der Waals surface area contributed by atoms with Gasteiger partial charge in [-0.1, -0.05) is 49.4 Å². The second-order valence-corrected chi connectivity index (χ2v) is 4.98. The van der Waals surface area contributed by atoms with Crippen LogP contribution in [0, 0.1) is 0 Å². The maximum atomic E-state index is 9.85. The van der Waals surface area contributed by atoms with Crippen LogP contribution in [-0.4, -0.2) is 16.8 Å². The average Bonchev–Trinajstić information content (AvgIpc) is 2.51. The van der Waals surface area contributed by atoms with Gasteiger partial charge in [-0.2, -0.15) is 0 Å². The zero-order valence-electron chi connectivity index (χ0n) is 11.7. The lowest BCUT2D eigenvalue weighted by Crippen LogP contribution is -2.44. The van der Waals surface area contributed by atoms with E-state index in [0.717, 1.165) is 12.0 Å². The minimum Gasteiger partial charge on any atom is -0.508 e. The fourth-order valence-electron chi connectivity index (χ4n) is 2.34. The Morgan fingerprint density at radius 1 is 1.00 bits per heavy atom. The van der Waals surface area contributed by atoms with Crippen molar-refractivity contribution in [3.8, 4) is 5.75 Å². The highest BCUT2D eigenvalue weighted by molar-refractivity contribution is 5.31. The number of aliphatic hydroxyl groups is 1. The van der Waals surface area contributed by atoms with Crippen molar-refractivity contribution in [2.24, 2.45) is 0 Å². The van der Waals surface area contributed by atoms with Gasteiger partial charge < -0.3 is 15.5 Å². The smallest absolute Gasteiger partial charge is 0.115 e. The van der Waals surface area contributed by atoms with Crippen LogP contribution < -0.4 is 5.32 Å². The summed E-state index contributed by atoms with van der Waals surface area (Å²) in [5, 5.41) is 22.7. The van der Waals surface area contributed by atoms with Crippen molar-refractivity contribution >= 4 is 0 Å². The first kappa shape index (κ1) is 14.6. The van der Waals surface area contributed by atoms with Crippen molar-refractivity contribution < 1.29 is 10.2 Å². The van der Waals surface area contributed by atoms with Gasteiger partial charge in [0, 0.05) is 6.54 Å². The molecule has 3 N–H and O–H groups in total. The number of aliphatic hydroxyl groups excluding tert-OH is 1. The Labute approximate surface area is 119 Å². The monoisotopic (exact) mass is 271 g/mol. The molecule has 2 aromatic rings. The molecule has 1 atom stereocenters. The highest BCUT2D eigenvalue weighted by Crippen LogP contribution is 2.26. The average molecular weight is 271 g/mol. The van der Waals surface area contributed by atoms with E-state index < -0.39 is 5.54 Å². The van der Waals surface area contributed by atoms with E-state index in [1.54, 1.807) is 12.1 Å². The van der Waals surface area contributed by atoms with E-state index in [2.05, 4.69) is 17.4 Å². The number of aromatic hydroxyl groups is 1. The number of hydrogen-bond acceptors (Lipinski definition) is 3. The third-order valence-corrected chi connectivity index (χ3v) is 3.77. The van der Waals surface area contributed by atoms with Gasteiger partial charge in [-0.25, -0.2) is 0 Å². The summed E-state index contributed by atoms with van der Waals surface area (Å²) in [5.74, 6) is 0.236. The SMILES string of the molecule is CCC(CO)(NCc1ccccc1)c1ccc(O)cc1. The molecule has 20 heavy (non-hydrogen) atoms. The van der Waals surface area contributed by atoms with Gasteiger partial charge in [0.2, 0.25) is 0 Å². The van der Waals surface area contributed by atoms with Crippen molar-refractivity contribution in [3.63, 3.8) is 0 Å². The van der Waals surface area contributed by atoms with E-state index in [1.165, 1.54) is 5.56 Å². The predicted octanol–water partition coefficient (Wildman–Crippen LogP) is 2.78. The first-order valence-corrected chi connectivity index (χ1v) is 6.89. The standard InChI is InChI=1S/C17H21NO2/c1-2-17(13-19,15-8-10-16(20)11-9-15)18-12-14-6-4-3-5-7-14/h3-11,18-20H,2,12-13H2,1H3. The van der Waals surface area contributed by atoms with Crippen molar-refractivity contribution in [1.82, 2.24) is 5.32 Å². The molecule has 0 bridgehead atoms. The summed E-state index contributed by atoms with van der Waals surface area (Å²) in [7, 11) is 0. The summed E-state index contributed by atoms with van der Waals surface area (Å²) in [4.78, 5) is 0. The van der Waals surface area contributed by atoms with Gasteiger partial charge >= 0.3 is 0 Å². The number of hydrogen-bond donors (Lipinski definition) is 3. The van der Waals surface area contributed by atoms with Gasteiger partial charge in [-0.05, 0) is 29.7 Å². The quantitative estimate of drug-likeness (QED) is 0.757. The van der Waals surface area contributed by atoms with E-state index in [4.69, 9.17) is 0 Å². The minimum absolute atomic E-state index is 0.0150. The molecular formula is C17H21NO2. The molecule has 0 saturated carbocycles. The molecule has 0 aliphatic rings. The largest absolute Gasteiger partial charge is 0.508 e. The highest BCUT2D eigenvalue weighted by Gasteiger charge is 2.28. The molecule has 0 spiro atoms. The Bertz CT molecular complexity index is 518. The molecule has 0 heterocycles. The topological polar surface area (TPSA) is 52.5 Å². The van der Waals surface area contributed by atoms with Gasteiger partial charge in [0.1, 0.15) is 5.75 Å². The van der Waals surface area contributed by atoms with E-state index in [-0.39, 0.29) is 12.4 Å². The van der Waals surface area contributed by atoms with Crippen LogP contribution in [0.15, 0.2) is 54.6 Å². The first-order valence-electron chi connectivity index (χ1n) is 6.89. The lowest BCUT2D eigenvalue weighted by atomic mass is 9.87. The molecule has 0 radical (unpaired) electrons. The zero-order chi connectivity index (χ0) is 14.4. The van der Waals surface area contributed by atoms with Crippen LogP contribution in [0.5, 0.6) is 5.75 Å². The highest BCUT2D eigenvalue weighted by atomic mass is 16.3. The van der Waals surface area contributed by atoms with Crippen LogP contribution in [0.1, 0.15) is 24.5 Å². The fourth-order valence-corrected chi connectivity index (χ4v) is 2.34. The van der Waals surface area contributed by atoms with Crippen LogP contribution in [0.2, 0.25) is 0 Å². The van der Waals surface area contributed by atoms with E-state index >= 15 is 0 Å². The number of benzene rings is 2. The van der Waals surface area contributed by atoms with Gasteiger partial charge in [-0.3, -0.25) is 0 Å². The summed E-state index contributed by atoms with van der Waals surface area (Å²) in [6.45, 7) is 2.75. The molecule has 106 valence electrons. The van der Waals surface area contributed by atoms with Gasteiger partial charge in [0.05, 0.1) is 12.1 Å². The van der Waals surface area contributed by atoms with E-state index in [1.807, 2.05) is 37.3 Å². The van der Waals surface area contributed by atoms with Crippen molar-refractivity contribution in [1.29, 1.82) is 0 Å². The van der Waals surface area contributed by atoms with E-state index in [9.17, 15) is 10.2 Å². The molecule has 0 fully saturated rings. The predicted molar refractivity (Wildman–Crippen MR) is 80.4 cm³/mol. The Hall–Kier alpha value is -1.84. The van der Waals surface area contributed by atoms with Crippen LogP contribution >= 0.6 is 0 Å². The maximum absolute atomic E-state index is 9.85. The summed E-state index contributed by atoms with van der Waals surface area (Å²) in [5.41, 5.74) is 1.68. The number of phenolic OH excluding ortho intramolecular Hbond substituents is 1. The maximum Gasteiger partial charge on any atom is 0.115 e. The Kier molecular flexibility index (Phi) is 4.77. The molecule has 2 rings (SSSR count). The Morgan fingerprint density at radius 2 is 1.65 bits per heavy atom. The molecule has 3 nitrogen and oxygen atoms in total. The zero-order valence-corrected chi connectivity index (χ0v) is 11.7. The van der Waals surface area contributed by atoms with Crippen molar-refractivity contribution in [2.45, 2.75) is 25.4 Å². The third kappa shape index (κ3) is 3.18. The van der Waals surface area contributed by atoms with Crippen LogP contribution in [0.4, 0.5) is 0 Å². The second-order valence-electron chi connectivity index (χ2n) is 4.98. The molecule has 0 aliphatic carbocycles. The molecule has 2 aromatic carbocycles. The third-order valence-electron chi connectivity index (χ3n) is 3.77. The van der Waals surface area contributed by atoms with Crippen LogP contribution in [0.25, 0.3) is 0 Å². The molecule has 0 aromatic heterocycles. The lowest BCUT2D eigenvalue weighted by molar-refractivity contribution is 0.153. The van der Waals surface area contributed by atoms with Crippen molar-refractivity contribution in [3.05, 3.63) is 65.7 Å². The van der Waals surface area contributed by atoms with E-state index in [0.29, 0.717) is 6.54 Å². The number of nitrogens with one attached hydrogen (secondary N) is 1. The molecule has 3 heteroatoms. The second kappa shape index (κ2) is 6.55. The lowest BCUT2D eigenvalue weighted by Gasteiger charge is -2.33. The summed E-state index contributed by atoms with van der Waals surface area (Å²) in [6.07, 6.45) is 0.765. The summed E-state index contributed by atoms with van der Waals surface area (Å²) >= 11 is 0. The van der Waals surface area contributed by atoms with Crippen molar-refractivity contribution in [2.75, 3.05) is 6.61 Å². The summed E-state index contributed by atoms with van der Waals surface area (Å²) in [6, 6.07) is 17.1. The Balaban J connectivity index is 2.19. The van der Waals surface area contributed by atoms with Gasteiger partial charge in [0.25, 0.3) is 0 Å². The normalized spacial score (nSPS) is 13.9. The molecule has 0 aliphatic heterocycles. The number of phenols is 1.